The van der Waals surface area contributed by atoms with Crippen LogP contribution in [0.3, 0.4) is 0 Å². The lowest BCUT2D eigenvalue weighted by atomic mass is 10.1. The Bertz CT molecular complexity index is 2350. The predicted octanol–water partition coefficient (Wildman–Crippen LogP) is 8.97. The van der Waals surface area contributed by atoms with E-state index in [2.05, 4.69) is 16.5 Å². The zero-order valence-corrected chi connectivity index (χ0v) is 32.8. The zero-order valence-electron chi connectivity index (χ0n) is 31.2. The summed E-state index contributed by atoms with van der Waals surface area (Å²) in [5.41, 5.74) is -1.64. The summed E-state index contributed by atoms with van der Waals surface area (Å²) in [6.45, 7) is 4.23. The van der Waals surface area contributed by atoms with E-state index < -0.39 is 83.6 Å². The lowest BCUT2D eigenvalue weighted by Gasteiger charge is -2.26. The first kappa shape index (κ1) is 45.1. The molecular weight excluding hydrogens is 859 g/mol. The number of aromatic nitrogens is 2. The molecule has 4 heterocycles. The largest absolute Gasteiger partial charge is 0.446 e. The van der Waals surface area contributed by atoms with Crippen molar-refractivity contribution in [1.82, 2.24) is 9.97 Å². The maximum absolute atomic E-state index is 13.4. The molecule has 60 heavy (non-hydrogen) atoms. The highest BCUT2D eigenvalue weighted by Crippen LogP contribution is 2.36. The third kappa shape index (κ3) is 9.71. The van der Waals surface area contributed by atoms with Crippen LogP contribution >= 0.6 is 23.2 Å². The summed E-state index contributed by atoms with van der Waals surface area (Å²) in [5, 5.41) is -0.437. The number of pyridine rings is 2. The molecule has 4 amide bonds. The quantitative estimate of drug-likeness (QED) is 0.161. The Morgan fingerprint density at radius 3 is 1.55 bits per heavy atom. The molecule has 0 spiro atoms. The van der Waals surface area contributed by atoms with E-state index in [4.69, 9.17) is 32.7 Å². The van der Waals surface area contributed by atoms with Gasteiger partial charge in [0.05, 0.1) is 26.9 Å². The van der Waals surface area contributed by atoms with Crippen molar-refractivity contribution in [3.63, 3.8) is 0 Å². The van der Waals surface area contributed by atoms with Crippen LogP contribution in [0.15, 0.2) is 67.2 Å². The fourth-order valence-corrected chi connectivity index (χ4v) is 6.12. The minimum Gasteiger partial charge on any atom is -0.446 e. The van der Waals surface area contributed by atoms with E-state index in [9.17, 15) is 54.3 Å². The van der Waals surface area contributed by atoms with Crippen LogP contribution < -0.4 is 19.6 Å². The Morgan fingerprint density at radius 2 is 1.17 bits per heavy atom. The number of anilines is 4. The highest BCUT2D eigenvalue weighted by Gasteiger charge is 2.44. The number of carbonyl (C=O) groups excluding carboxylic acids is 4. The molecule has 2 saturated heterocycles. The normalized spacial score (nSPS) is 16.5. The number of nitrogens with zero attached hydrogens (tertiary/aromatic N) is 6. The molecule has 0 N–H and O–H groups in total. The first-order chi connectivity index (χ1) is 28.0. The van der Waals surface area contributed by atoms with Crippen LogP contribution in [0, 0.1) is 11.6 Å². The molecule has 4 aromatic rings. The Kier molecular flexibility index (Phi) is 13.3. The number of aryl methyl sites for hydroxylation is 1. The van der Waals surface area contributed by atoms with Crippen molar-refractivity contribution < 1.29 is 63.8 Å². The molecule has 0 unspecified atom stereocenters. The maximum atomic E-state index is 13.4. The predicted molar refractivity (Wildman–Crippen MR) is 203 cm³/mol. The van der Waals surface area contributed by atoms with Crippen molar-refractivity contribution in [3.05, 3.63) is 111 Å². The number of benzene rings is 2. The lowest BCUT2D eigenvalue weighted by molar-refractivity contribution is -0.138. The van der Waals surface area contributed by atoms with Crippen molar-refractivity contribution in [2.45, 2.75) is 37.8 Å². The van der Waals surface area contributed by atoms with Crippen molar-refractivity contribution in [1.29, 1.82) is 0 Å². The number of rotatable bonds is 8. The van der Waals surface area contributed by atoms with E-state index >= 15 is 0 Å². The molecule has 0 saturated carbocycles. The number of alkyl halides is 6. The Hall–Kier alpha value is -6.02. The number of amides is 4. The number of halogens is 10. The Labute approximate surface area is 345 Å². The highest BCUT2D eigenvalue weighted by atomic mass is 35.5. The third-order valence-corrected chi connectivity index (χ3v) is 9.55. The molecule has 2 fully saturated rings. The van der Waals surface area contributed by atoms with Crippen LogP contribution in [-0.2, 0) is 37.8 Å². The van der Waals surface area contributed by atoms with Gasteiger partial charge in [-0.05, 0) is 73.2 Å². The molecule has 6 rings (SSSR count). The summed E-state index contributed by atoms with van der Waals surface area (Å²) in [6.07, 6.45) is -10.1. The maximum Gasteiger partial charge on any atom is 0.416 e. The minimum atomic E-state index is -4.71. The number of hydrogen-bond acceptors (Lipinski definition) is 8. The molecular formula is C38H30Cl2F8N6O6. The topological polar surface area (TPSA) is 125 Å². The molecule has 2 aromatic heterocycles. The average Bonchev–Trinajstić information content (AvgIpc) is 3.79. The van der Waals surface area contributed by atoms with Gasteiger partial charge in [-0.2, -0.15) is 26.3 Å². The van der Waals surface area contributed by atoms with Gasteiger partial charge in [0.25, 0.3) is 11.8 Å². The molecule has 22 heteroatoms. The summed E-state index contributed by atoms with van der Waals surface area (Å²) < 4.78 is 116. The van der Waals surface area contributed by atoms with E-state index in [1.54, 1.807) is 6.92 Å². The van der Waals surface area contributed by atoms with Gasteiger partial charge in [0.2, 0.25) is 0 Å². The SMILES string of the molecule is C=Cc1cc(C(F)(F)F)cc(N2C(=O)OC[C@H]2C(=O)N(C)c2ccc(F)c(Cl)c2)n1.CCc1cc(C(F)(F)F)cc(N2C(=O)OC[C@H]2C(=O)N(C)c2ccc(F)c(Cl)c2)n1. The van der Waals surface area contributed by atoms with Gasteiger partial charge in [0, 0.05) is 31.2 Å². The number of cyclic esters (lactones) is 2. The second kappa shape index (κ2) is 17.7. The van der Waals surface area contributed by atoms with Crippen molar-refractivity contribution >= 4 is 76.3 Å². The number of hydrogen-bond donors (Lipinski definition) is 0. The van der Waals surface area contributed by atoms with Crippen molar-refractivity contribution in [2.24, 2.45) is 0 Å². The van der Waals surface area contributed by atoms with Crippen LogP contribution in [0.1, 0.15) is 29.4 Å². The standard InChI is InChI=1S/C19H16ClF4N3O3.C19H14ClF4N3O3/c2*1-3-11-6-10(19(22,23)24)7-16(25-11)27-15(9-30-18(27)29)17(28)26(2)12-4-5-14(21)13(20)8-12/h4-8,15H,3,9H2,1-2H3;3-8,15H,1,9H2,2H3/t2*15-/m00/s1. The fourth-order valence-electron chi connectivity index (χ4n) is 5.77. The average molecular weight is 890 g/mol. The second-order valence-electron chi connectivity index (χ2n) is 12.8. The number of likely N-dealkylation sites (N-methyl/N-ethyl adjacent to an activating group) is 2. The van der Waals surface area contributed by atoms with E-state index in [0.717, 1.165) is 49.9 Å². The number of carbonyl (C=O) groups is 4. The van der Waals surface area contributed by atoms with Gasteiger partial charge in [-0.15, -0.1) is 0 Å². The molecule has 0 radical (unpaired) electrons. The summed E-state index contributed by atoms with van der Waals surface area (Å²) in [6, 6.07) is 7.58. The molecule has 2 atom stereocenters. The van der Waals surface area contributed by atoms with Gasteiger partial charge in [-0.3, -0.25) is 9.59 Å². The molecule has 12 nitrogen and oxygen atoms in total. The number of ether oxygens (including phenoxy) is 2. The summed E-state index contributed by atoms with van der Waals surface area (Å²) >= 11 is 11.5. The van der Waals surface area contributed by atoms with Gasteiger partial charge >= 0.3 is 24.5 Å². The molecule has 0 bridgehead atoms. The van der Waals surface area contributed by atoms with Gasteiger partial charge < -0.3 is 19.3 Å². The van der Waals surface area contributed by atoms with Gasteiger partial charge in [0.1, 0.15) is 36.5 Å². The van der Waals surface area contributed by atoms with Gasteiger partial charge in [-0.25, -0.2) is 38.1 Å². The van der Waals surface area contributed by atoms with Gasteiger partial charge in [0.15, 0.2) is 12.1 Å². The van der Waals surface area contributed by atoms with E-state index in [1.165, 1.54) is 38.4 Å². The van der Waals surface area contributed by atoms with E-state index in [1.807, 2.05) is 0 Å². The molecule has 2 aliphatic heterocycles. The first-order valence-corrected chi connectivity index (χ1v) is 18.0. The van der Waals surface area contributed by atoms with Crippen molar-refractivity contribution in [3.8, 4) is 0 Å². The Morgan fingerprint density at radius 1 is 0.750 bits per heavy atom. The monoisotopic (exact) mass is 888 g/mol. The van der Waals surface area contributed by atoms with Crippen LogP contribution in [0.5, 0.6) is 0 Å². The highest BCUT2D eigenvalue weighted by molar-refractivity contribution is 6.31. The molecule has 2 aromatic carbocycles. The van der Waals surface area contributed by atoms with E-state index in [0.29, 0.717) is 12.1 Å². The summed E-state index contributed by atoms with van der Waals surface area (Å²) in [5.74, 6) is -3.47. The van der Waals surface area contributed by atoms with Crippen molar-refractivity contribution in [2.75, 3.05) is 46.9 Å². The fraction of sp³-hybridized carbons (Fsp3) is 0.263. The van der Waals surface area contributed by atoms with Crippen LogP contribution in [-0.4, -0.2) is 73.4 Å². The summed E-state index contributed by atoms with van der Waals surface area (Å²) in [4.78, 5) is 62.2. The molecule has 318 valence electrons. The smallest absolute Gasteiger partial charge is 0.416 e. The van der Waals surface area contributed by atoms with Gasteiger partial charge in [-0.1, -0.05) is 36.7 Å². The van der Waals surface area contributed by atoms with Crippen LogP contribution in [0.25, 0.3) is 6.08 Å². The first-order valence-electron chi connectivity index (χ1n) is 17.2. The molecule has 0 aliphatic carbocycles. The summed E-state index contributed by atoms with van der Waals surface area (Å²) in [7, 11) is 2.71. The second-order valence-corrected chi connectivity index (χ2v) is 13.6. The zero-order chi connectivity index (χ0) is 44.4. The van der Waals surface area contributed by atoms with E-state index in [-0.39, 0.29) is 51.7 Å². The minimum absolute atomic E-state index is 0.101. The van der Waals surface area contributed by atoms with Crippen LogP contribution in [0.2, 0.25) is 10.0 Å². The Balaban J connectivity index is 0.000000228. The molecule has 2 aliphatic rings. The lowest BCUT2D eigenvalue weighted by Crippen LogP contribution is -2.47. The van der Waals surface area contributed by atoms with Crippen LogP contribution in [0.4, 0.5) is 67.7 Å². The third-order valence-electron chi connectivity index (χ3n) is 8.97.